The summed E-state index contributed by atoms with van der Waals surface area (Å²) in [5.41, 5.74) is 2.35. The first kappa shape index (κ1) is 25.0. The van der Waals surface area contributed by atoms with E-state index in [0.29, 0.717) is 46.3 Å². The Labute approximate surface area is 209 Å². The molecular weight excluding hydrogens is 460 g/mol. The number of dihydropyridines is 1. The molecule has 190 valence electrons. The number of Topliss-reactive ketones (excluding diaryl/α,β-unsaturated/α-hetero) is 1. The number of hydrogen-bond donors (Lipinski definition) is 4. The second-order valence-corrected chi connectivity index (χ2v) is 9.89. The smallest absolute Gasteiger partial charge is 0.239 e. The Morgan fingerprint density at radius 3 is 2.36 bits per heavy atom. The van der Waals surface area contributed by atoms with Crippen molar-refractivity contribution < 1.29 is 14.4 Å². The number of ketones is 1. The molecule has 7 N–H and O–H groups in total. The SMILES string of the molecule is CC(=O)N(N)C1=CC(c2c(N(N)c3ccccc3)c3c(n2N)CN(C(=O)C(C)(C)C)CC3=O)=CCN1. The van der Waals surface area contributed by atoms with Gasteiger partial charge in [-0.25, -0.2) is 16.7 Å². The number of nitrogens with one attached hydrogen (secondary N) is 1. The van der Waals surface area contributed by atoms with Crippen molar-refractivity contribution >= 4 is 34.5 Å². The third kappa shape index (κ3) is 4.34. The molecule has 0 atom stereocenters. The molecule has 0 radical (unpaired) electrons. The minimum absolute atomic E-state index is 0.0786. The number of fused-ring (bicyclic) bond motifs is 1. The number of benzene rings is 1. The molecule has 0 fully saturated rings. The first-order valence-corrected chi connectivity index (χ1v) is 11.6. The van der Waals surface area contributed by atoms with Crippen molar-refractivity contribution in [1.82, 2.24) is 19.9 Å². The second kappa shape index (κ2) is 9.17. The predicted octanol–water partition coefficient (Wildman–Crippen LogP) is 1.33. The Balaban J connectivity index is 1.91. The first-order chi connectivity index (χ1) is 16.9. The molecule has 3 heterocycles. The Morgan fingerprint density at radius 2 is 1.75 bits per heavy atom. The summed E-state index contributed by atoms with van der Waals surface area (Å²) in [5.74, 6) is 18.8. The molecule has 11 nitrogen and oxygen atoms in total. The van der Waals surface area contributed by atoms with E-state index in [1.807, 2.05) is 57.2 Å². The minimum atomic E-state index is -0.661. The van der Waals surface area contributed by atoms with Crippen molar-refractivity contribution in [3.05, 3.63) is 65.3 Å². The number of para-hydroxylation sites is 1. The number of hydrogen-bond acceptors (Lipinski definition) is 8. The second-order valence-electron chi connectivity index (χ2n) is 9.89. The Morgan fingerprint density at radius 1 is 1.08 bits per heavy atom. The molecule has 2 amide bonds. The highest BCUT2D eigenvalue weighted by Gasteiger charge is 2.39. The van der Waals surface area contributed by atoms with Crippen LogP contribution in [0.15, 0.2) is 48.3 Å². The number of nitrogens with two attached hydrogens (primary N) is 3. The van der Waals surface area contributed by atoms with Crippen LogP contribution in [0, 0.1) is 5.41 Å². The topological polar surface area (TPSA) is 156 Å². The van der Waals surface area contributed by atoms with Gasteiger partial charge in [-0.1, -0.05) is 45.0 Å². The van der Waals surface area contributed by atoms with Crippen LogP contribution in [-0.4, -0.2) is 45.3 Å². The molecule has 36 heavy (non-hydrogen) atoms. The highest BCUT2D eigenvalue weighted by Crippen LogP contribution is 2.41. The van der Waals surface area contributed by atoms with Crippen molar-refractivity contribution in [2.45, 2.75) is 34.2 Å². The van der Waals surface area contributed by atoms with E-state index in [0.717, 1.165) is 5.01 Å². The van der Waals surface area contributed by atoms with Crippen LogP contribution in [0.3, 0.4) is 0 Å². The molecule has 2 aliphatic rings. The zero-order valence-corrected chi connectivity index (χ0v) is 20.9. The lowest BCUT2D eigenvalue weighted by Gasteiger charge is -2.32. The van der Waals surface area contributed by atoms with Crippen LogP contribution in [-0.2, 0) is 16.1 Å². The van der Waals surface area contributed by atoms with Crippen molar-refractivity contribution in [2.75, 3.05) is 23.9 Å². The van der Waals surface area contributed by atoms with E-state index in [2.05, 4.69) is 5.32 Å². The van der Waals surface area contributed by atoms with Gasteiger partial charge in [-0.3, -0.25) is 24.1 Å². The van der Waals surface area contributed by atoms with E-state index in [1.165, 1.54) is 21.5 Å². The van der Waals surface area contributed by atoms with Crippen LogP contribution >= 0.6 is 0 Å². The fraction of sp³-hybridized carbons (Fsp3) is 0.320. The van der Waals surface area contributed by atoms with Gasteiger partial charge in [0.05, 0.1) is 41.4 Å². The number of nitrogens with zero attached hydrogens (tertiary/aromatic N) is 4. The normalized spacial score (nSPS) is 15.5. The molecule has 2 aliphatic heterocycles. The lowest BCUT2D eigenvalue weighted by atomic mass is 9.92. The van der Waals surface area contributed by atoms with Gasteiger partial charge in [0.15, 0.2) is 5.78 Å². The maximum atomic E-state index is 13.5. The fourth-order valence-corrected chi connectivity index (χ4v) is 4.42. The van der Waals surface area contributed by atoms with Crippen LogP contribution in [0.4, 0.5) is 11.4 Å². The van der Waals surface area contributed by atoms with Crippen LogP contribution in [0.5, 0.6) is 0 Å². The largest absolute Gasteiger partial charge is 0.367 e. The summed E-state index contributed by atoms with van der Waals surface area (Å²) in [7, 11) is 0. The molecule has 0 saturated heterocycles. The molecule has 11 heteroatoms. The zero-order chi connectivity index (χ0) is 26.4. The van der Waals surface area contributed by atoms with E-state index in [1.54, 1.807) is 6.08 Å². The molecule has 1 aromatic carbocycles. The molecule has 0 bridgehead atoms. The quantitative estimate of drug-likeness (QED) is 0.283. The maximum absolute atomic E-state index is 13.5. The van der Waals surface area contributed by atoms with Crippen molar-refractivity contribution in [3.8, 4) is 0 Å². The van der Waals surface area contributed by atoms with Crippen LogP contribution in [0.1, 0.15) is 49.4 Å². The number of rotatable bonds is 4. The number of nitrogen functional groups attached to an aromatic ring is 1. The molecule has 1 aromatic heterocycles. The summed E-state index contributed by atoms with van der Waals surface area (Å²) < 4.78 is 1.41. The molecule has 2 aromatic rings. The third-order valence-electron chi connectivity index (χ3n) is 6.21. The van der Waals surface area contributed by atoms with Crippen LogP contribution < -0.4 is 27.9 Å². The van der Waals surface area contributed by atoms with E-state index >= 15 is 0 Å². The van der Waals surface area contributed by atoms with Crippen LogP contribution in [0.25, 0.3) is 5.57 Å². The summed E-state index contributed by atoms with van der Waals surface area (Å²) >= 11 is 0. The van der Waals surface area contributed by atoms with E-state index in [9.17, 15) is 14.4 Å². The number of amides is 2. The van der Waals surface area contributed by atoms with Crippen molar-refractivity contribution in [3.63, 3.8) is 0 Å². The molecule has 0 aliphatic carbocycles. The van der Waals surface area contributed by atoms with Gasteiger partial charge in [0.2, 0.25) is 11.8 Å². The molecular formula is C25H32N8O3. The predicted molar refractivity (Wildman–Crippen MR) is 137 cm³/mol. The molecule has 0 unspecified atom stereocenters. The van der Waals surface area contributed by atoms with Crippen LogP contribution in [0.2, 0.25) is 0 Å². The summed E-state index contributed by atoms with van der Waals surface area (Å²) in [6, 6.07) is 9.19. The number of hydrazine groups is 2. The lowest BCUT2D eigenvalue weighted by Crippen LogP contribution is -2.45. The average molecular weight is 493 g/mol. The summed E-state index contributed by atoms with van der Waals surface area (Å²) in [4.78, 5) is 39.9. The van der Waals surface area contributed by atoms with E-state index in [-0.39, 0.29) is 30.7 Å². The first-order valence-electron chi connectivity index (χ1n) is 11.6. The zero-order valence-electron chi connectivity index (χ0n) is 20.9. The summed E-state index contributed by atoms with van der Waals surface area (Å²) in [5, 5.41) is 5.49. The van der Waals surface area contributed by atoms with Gasteiger partial charge in [-0.2, -0.15) is 0 Å². The van der Waals surface area contributed by atoms with Crippen molar-refractivity contribution in [1.29, 1.82) is 0 Å². The highest BCUT2D eigenvalue weighted by molar-refractivity contribution is 6.09. The van der Waals surface area contributed by atoms with Gasteiger partial charge in [0, 0.05) is 24.5 Å². The van der Waals surface area contributed by atoms with Crippen molar-refractivity contribution in [2.24, 2.45) is 17.1 Å². The standard InChI is InChI=1S/C25H32N8O3/c1-15(34)31(26)20-12-16(10-11-29-20)22-23(32(27)17-8-6-5-7-9-17)21-18(33(22)28)13-30(14-19(21)35)24(36)25(2,3)4/h5-10,12,29H,11,13-14,26-28H2,1-4H3. The van der Waals surface area contributed by atoms with Gasteiger partial charge in [0.25, 0.3) is 0 Å². The maximum Gasteiger partial charge on any atom is 0.239 e. The van der Waals surface area contributed by atoms with Gasteiger partial charge >= 0.3 is 0 Å². The number of anilines is 2. The number of carbonyl (C=O) groups is 3. The fourth-order valence-electron chi connectivity index (χ4n) is 4.42. The summed E-state index contributed by atoms with van der Waals surface area (Å²) in [6.07, 6.45) is 3.55. The van der Waals surface area contributed by atoms with E-state index in [4.69, 9.17) is 17.5 Å². The van der Waals surface area contributed by atoms with Gasteiger partial charge < -0.3 is 16.1 Å². The Bertz CT molecular complexity index is 1290. The van der Waals surface area contributed by atoms with E-state index < -0.39 is 5.41 Å². The van der Waals surface area contributed by atoms with Gasteiger partial charge in [0.1, 0.15) is 5.82 Å². The Kier molecular flexibility index (Phi) is 6.37. The number of allylic oxidation sites excluding steroid dienone is 2. The number of aromatic nitrogens is 1. The minimum Gasteiger partial charge on any atom is -0.367 e. The molecule has 4 rings (SSSR count). The number of carbonyl (C=O) groups excluding carboxylic acids is 3. The lowest BCUT2D eigenvalue weighted by molar-refractivity contribution is -0.139. The average Bonchev–Trinajstić information content (AvgIpc) is 3.15. The van der Waals surface area contributed by atoms with Gasteiger partial charge in [-0.05, 0) is 18.2 Å². The van der Waals surface area contributed by atoms with Gasteiger partial charge in [-0.15, -0.1) is 0 Å². The Hall–Kier alpha value is -4.09. The third-order valence-corrected chi connectivity index (χ3v) is 6.21. The molecule has 0 saturated carbocycles. The molecule has 0 spiro atoms. The monoisotopic (exact) mass is 492 g/mol. The highest BCUT2D eigenvalue weighted by atomic mass is 16.2. The summed E-state index contributed by atoms with van der Waals surface area (Å²) in [6.45, 7) is 7.23.